The van der Waals surface area contributed by atoms with Gasteiger partial charge in [-0.3, -0.25) is 9.59 Å². The number of hydrogen-bond donors (Lipinski definition) is 1. The van der Waals surface area contributed by atoms with Crippen LogP contribution in [0.4, 0.5) is 0 Å². The Morgan fingerprint density at radius 1 is 1.06 bits per heavy atom. The molecule has 0 aromatic rings. The summed E-state index contributed by atoms with van der Waals surface area (Å²) in [4.78, 5) is 23.3. The lowest BCUT2D eigenvalue weighted by atomic mass is 9.91. The zero-order valence-electron chi connectivity index (χ0n) is 11.3. The number of carbonyl (C=O) groups excluding carboxylic acids is 2. The third kappa shape index (κ3) is 4.73. The highest BCUT2D eigenvalue weighted by Crippen LogP contribution is 2.21. The number of carbonyl (C=O) groups is 2. The van der Waals surface area contributed by atoms with Crippen LogP contribution < -0.4 is 5.73 Å². The van der Waals surface area contributed by atoms with Crippen molar-refractivity contribution in [2.45, 2.75) is 34.6 Å². The van der Waals surface area contributed by atoms with Gasteiger partial charge in [-0.25, -0.2) is 0 Å². The maximum Gasteiger partial charge on any atom is 0.316 e. The van der Waals surface area contributed by atoms with E-state index in [9.17, 15) is 9.59 Å². The van der Waals surface area contributed by atoms with Gasteiger partial charge in [0, 0.05) is 6.54 Å². The topological polar surface area (TPSA) is 78.6 Å². The maximum absolute atomic E-state index is 11.7. The summed E-state index contributed by atoms with van der Waals surface area (Å²) in [6, 6.07) is 0. The van der Waals surface area contributed by atoms with Crippen molar-refractivity contribution in [1.29, 1.82) is 0 Å². The monoisotopic (exact) mass is 245 g/mol. The molecule has 5 nitrogen and oxygen atoms in total. The lowest BCUT2D eigenvalue weighted by Gasteiger charge is -2.26. The van der Waals surface area contributed by atoms with Crippen molar-refractivity contribution in [2.24, 2.45) is 16.6 Å². The van der Waals surface area contributed by atoms with Crippen molar-refractivity contribution in [3.8, 4) is 0 Å². The standard InChI is InChI=1S/C12H23NO4/c1-6-16-10(15)12(5,7-13)8-17-9(14)11(2,3)4/h6-8,13H2,1-5H3. The molecule has 0 rings (SSSR count). The first-order valence-electron chi connectivity index (χ1n) is 5.72. The van der Waals surface area contributed by atoms with Crippen molar-refractivity contribution in [2.75, 3.05) is 19.8 Å². The lowest BCUT2D eigenvalue weighted by Crippen LogP contribution is -2.42. The van der Waals surface area contributed by atoms with Crippen LogP contribution in [-0.2, 0) is 19.1 Å². The molecule has 0 aromatic carbocycles. The molecule has 1 atom stereocenters. The fourth-order valence-corrected chi connectivity index (χ4v) is 0.948. The fraction of sp³-hybridized carbons (Fsp3) is 0.833. The van der Waals surface area contributed by atoms with E-state index >= 15 is 0 Å². The Kier molecular flexibility index (Phi) is 5.61. The summed E-state index contributed by atoms with van der Waals surface area (Å²) in [5, 5.41) is 0. The van der Waals surface area contributed by atoms with Crippen LogP contribution in [-0.4, -0.2) is 31.7 Å². The van der Waals surface area contributed by atoms with E-state index in [4.69, 9.17) is 15.2 Å². The quantitative estimate of drug-likeness (QED) is 0.734. The Morgan fingerprint density at radius 2 is 1.59 bits per heavy atom. The van der Waals surface area contributed by atoms with Gasteiger partial charge in [-0.15, -0.1) is 0 Å². The molecule has 17 heavy (non-hydrogen) atoms. The van der Waals surface area contributed by atoms with Gasteiger partial charge in [0.1, 0.15) is 12.0 Å². The van der Waals surface area contributed by atoms with Crippen LogP contribution in [0, 0.1) is 10.8 Å². The third-order valence-electron chi connectivity index (χ3n) is 2.35. The van der Waals surface area contributed by atoms with E-state index in [-0.39, 0.29) is 25.7 Å². The van der Waals surface area contributed by atoms with E-state index in [0.29, 0.717) is 0 Å². The summed E-state index contributed by atoms with van der Waals surface area (Å²) in [5.41, 5.74) is 3.97. The Bertz CT molecular complexity index is 283. The molecule has 0 saturated heterocycles. The van der Waals surface area contributed by atoms with E-state index in [1.807, 2.05) is 0 Å². The normalized spacial score (nSPS) is 14.9. The predicted octanol–water partition coefficient (Wildman–Crippen LogP) is 1.10. The molecule has 100 valence electrons. The molecular weight excluding hydrogens is 222 g/mol. The van der Waals surface area contributed by atoms with Gasteiger partial charge in [-0.1, -0.05) is 0 Å². The van der Waals surface area contributed by atoms with Gasteiger partial charge in [-0.2, -0.15) is 0 Å². The second-order valence-corrected chi connectivity index (χ2v) is 5.31. The molecule has 0 saturated carbocycles. The van der Waals surface area contributed by atoms with Crippen LogP contribution in [0.3, 0.4) is 0 Å². The van der Waals surface area contributed by atoms with Crippen LogP contribution >= 0.6 is 0 Å². The summed E-state index contributed by atoms with van der Waals surface area (Å²) in [6.07, 6.45) is 0. The Balaban J connectivity index is 4.51. The third-order valence-corrected chi connectivity index (χ3v) is 2.35. The summed E-state index contributed by atoms with van der Waals surface area (Å²) in [6.45, 7) is 8.89. The second kappa shape index (κ2) is 6.00. The Morgan fingerprint density at radius 3 is 1.94 bits per heavy atom. The molecular formula is C12H23NO4. The average molecular weight is 245 g/mol. The van der Waals surface area contributed by atoms with Crippen molar-refractivity contribution < 1.29 is 19.1 Å². The van der Waals surface area contributed by atoms with Crippen LogP contribution in [0.15, 0.2) is 0 Å². The highest BCUT2D eigenvalue weighted by Gasteiger charge is 2.36. The predicted molar refractivity (Wildman–Crippen MR) is 64.2 cm³/mol. The highest BCUT2D eigenvalue weighted by molar-refractivity contribution is 5.79. The van der Waals surface area contributed by atoms with Crippen molar-refractivity contribution in [3.63, 3.8) is 0 Å². The van der Waals surface area contributed by atoms with Gasteiger partial charge >= 0.3 is 11.9 Å². The van der Waals surface area contributed by atoms with E-state index in [2.05, 4.69) is 0 Å². The molecule has 0 fully saturated rings. The number of ether oxygens (including phenoxy) is 2. The van der Waals surface area contributed by atoms with E-state index in [1.165, 1.54) is 0 Å². The summed E-state index contributed by atoms with van der Waals surface area (Å²) < 4.78 is 10.0. The largest absolute Gasteiger partial charge is 0.465 e. The SMILES string of the molecule is CCOC(=O)C(C)(CN)COC(=O)C(C)(C)C. The van der Waals surface area contributed by atoms with Crippen molar-refractivity contribution >= 4 is 11.9 Å². The smallest absolute Gasteiger partial charge is 0.316 e. The molecule has 0 aliphatic rings. The molecule has 0 aromatic heterocycles. The molecule has 0 spiro atoms. The zero-order chi connectivity index (χ0) is 13.7. The first-order chi connectivity index (χ1) is 7.67. The van der Waals surface area contributed by atoms with Gasteiger partial charge in [-0.05, 0) is 34.6 Å². The highest BCUT2D eigenvalue weighted by atomic mass is 16.6. The molecule has 1 unspecified atom stereocenters. The number of hydrogen-bond acceptors (Lipinski definition) is 5. The van der Waals surface area contributed by atoms with E-state index in [1.54, 1.807) is 34.6 Å². The first kappa shape index (κ1) is 15.9. The first-order valence-corrected chi connectivity index (χ1v) is 5.72. The molecule has 0 aliphatic heterocycles. The van der Waals surface area contributed by atoms with Crippen molar-refractivity contribution in [3.05, 3.63) is 0 Å². The minimum Gasteiger partial charge on any atom is -0.465 e. The minimum absolute atomic E-state index is 0.0571. The maximum atomic E-state index is 11.7. The molecule has 0 bridgehead atoms. The van der Waals surface area contributed by atoms with Crippen LogP contribution in [0.2, 0.25) is 0 Å². The molecule has 2 N–H and O–H groups in total. The summed E-state index contributed by atoms with van der Waals surface area (Å²) in [7, 11) is 0. The van der Waals surface area contributed by atoms with Gasteiger partial charge < -0.3 is 15.2 Å². The summed E-state index contributed by atoms with van der Waals surface area (Å²) in [5.74, 6) is -0.800. The second-order valence-electron chi connectivity index (χ2n) is 5.31. The number of esters is 2. The minimum atomic E-state index is -0.975. The van der Waals surface area contributed by atoms with Gasteiger partial charge in [0.15, 0.2) is 0 Å². The van der Waals surface area contributed by atoms with E-state index in [0.717, 1.165) is 0 Å². The average Bonchev–Trinajstić information content (AvgIpc) is 2.24. The van der Waals surface area contributed by atoms with Gasteiger partial charge in [0.25, 0.3) is 0 Å². The molecule has 0 amide bonds. The van der Waals surface area contributed by atoms with Crippen LogP contribution in [0.5, 0.6) is 0 Å². The van der Waals surface area contributed by atoms with Gasteiger partial charge in [0.05, 0.1) is 12.0 Å². The van der Waals surface area contributed by atoms with Crippen LogP contribution in [0.1, 0.15) is 34.6 Å². The molecule has 5 heteroatoms. The molecule has 0 radical (unpaired) electrons. The lowest BCUT2D eigenvalue weighted by molar-refractivity contribution is -0.165. The Hall–Kier alpha value is -1.10. The zero-order valence-corrected chi connectivity index (χ0v) is 11.3. The fourth-order valence-electron chi connectivity index (χ4n) is 0.948. The van der Waals surface area contributed by atoms with E-state index < -0.39 is 16.8 Å². The van der Waals surface area contributed by atoms with Crippen LogP contribution in [0.25, 0.3) is 0 Å². The number of nitrogens with two attached hydrogens (primary N) is 1. The number of rotatable bonds is 5. The van der Waals surface area contributed by atoms with Crippen molar-refractivity contribution in [1.82, 2.24) is 0 Å². The Labute approximate surface area is 103 Å². The summed E-state index contributed by atoms with van der Waals surface area (Å²) >= 11 is 0. The molecule has 0 aliphatic carbocycles. The van der Waals surface area contributed by atoms with Gasteiger partial charge in [0.2, 0.25) is 0 Å². The molecule has 0 heterocycles.